The van der Waals surface area contributed by atoms with Gasteiger partial charge in [-0.1, -0.05) is 12.1 Å². The molecule has 0 spiro atoms. The Morgan fingerprint density at radius 3 is 2.67 bits per heavy atom. The second-order valence-electron chi connectivity index (χ2n) is 4.85. The molecule has 2 aromatic rings. The molecule has 0 bridgehead atoms. The zero-order valence-electron chi connectivity index (χ0n) is 12.1. The molecular formula is C14H16N4O3. The Kier molecular flexibility index (Phi) is 4.02. The number of hydrogen-bond donors (Lipinski definition) is 1. The maximum Gasteiger partial charge on any atom is 0.312 e. The van der Waals surface area contributed by atoms with Crippen LogP contribution in [0.1, 0.15) is 17.0 Å². The summed E-state index contributed by atoms with van der Waals surface area (Å²) in [6.07, 6.45) is 0. The molecule has 0 aliphatic heterocycles. The van der Waals surface area contributed by atoms with Crippen LogP contribution in [0.2, 0.25) is 0 Å². The van der Waals surface area contributed by atoms with E-state index in [1.54, 1.807) is 19.9 Å². The fourth-order valence-corrected chi connectivity index (χ4v) is 2.17. The number of anilines is 1. The van der Waals surface area contributed by atoms with E-state index in [2.05, 4.69) is 10.4 Å². The molecule has 1 heterocycles. The highest BCUT2D eigenvalue weighted by atomic mass is 16.6. The first-order chi connectivity index (χ1) is 9.88. The van der Waals surface area contributed by atoms with E-state index >= 15 is 0 Å². The van der Waals surface area contributed by atoms with E-state index in [4.69, 9.17) is 0 Å². The van der Waals surface area contributed by atoms with E-state index in [0.717, 1.165) is 5.56 Å². The third-order valence-electron chi connectivity index (χ3n) is 3.12. The number of rotatable bonds is 4. The molecule has 0 aliphatic rings. The standard InChI is InChI=1S/C14H16N4O3/c1-9-5-4-6-12(7-9)15-13(19)8-17-11(3)14(18(20)21)10(2)16-17/h4-7H,8H2,1-3H3,(H,15,19). The normalized spacial score (nSPS) is 10.4. The molecule has 0 radical (unpaired) electrons. The van der Waals surface area contributed by atoms with E-state index in [0.29, 0.717) is 17.1 Å². The topological polar surface area (TPSA) is 90.1 Å². The Balaban J connectivity index is 2.13. The van der Waals surface area contributed by atoms with Crippen LogP contribution in [-0.4, -0.2) is 20.6 Å². The highest BCUT2D eigenvalue weighted by Gasteiger charge is 2.22. The average molecular weight is 288 g/mol. The Hall–Kier alpha value is -2.70. The third-order valence-corrected chi connectivity index (χ3v) is 3.12. The van der Waals surface area contributed by atoms with Gasteiger partial charge in [0.25, 0.3) is 0 Å². The predicted molar refractivity (Wildman–Crippen MR) is 78.2 cm³/mol. The summed E-state index contributed by atoms with van der Waals surface area (Å²) in [5.41, 5.74) is 2.36. The summed E-state index contributed by atoms with van der Waals surface area (Å²) in [7, 11) is 0. The van der Waals surface area contributed by atoms with Crippen molar-refractivity contribution in [3.63, 3.8) is 0 Å². The van der Waals surface area contributed by atoms with Crippen molar-refractivity contribution in [2.75, 3.05) is 5.32 Å². The lowest BCUT2D eigenvalue weighted by atomic mass is 10.2. The summed E-state index contributed by atoms with van der Waals surface area (Å²) >= 11 is 0. The summed E-state index contributed by atoms with van der Waals surface area (Å²) in [4.78, 5) is 22.4. The number of carbonyl (C=O) groups excluding carboxylic acids is 1. The minimum absolute atomic E-state index is 0.0432. The first-order valence-corrected chi connectivity index (χ1v) is 6.43. The first kappa shape index (κ1) is 14.7. The van der Waals surface area contributed by atoms with Crippen molar-refractivity contribution in [3.05, 3.63) is 51.3 Å². The van der Waals surface area contributed by atoms with Crippen molar-refractivity contribution in [3.8, 4) is 0 Å². The lowest BCUT2D eigenvalue weighted by molar-refractivity contribution is -0.386. The molecule has 2 rings (SSSR count). The molecule has 1 aromatic carbocycles. The first-order valence-electron chi connectivity index (χ1n) is 6.43. The fourth-order valence-electron chi connectivity index (χ4n) is 2.17. The number of aromatic nitrogens is 2. The quantitative estimate of drug-likeness (QED) is 0.690. The average Bonchev–Trinajstić information content (AvgIpc) is 2.64. The number of benzene rings is 1. The van der Waals surface area contributed by atoms with Crippen molar-refractivity contribution >= 4 is 17.3 Å². The van der Waals surface area contributed by atoms with Gasteiger partial charge in [-0.15, -0.1) is 0 Å². The van der Waals surface area contributed by atoms with Gasteiger partial charge in [-0.25, -0.2) is 0 Å². The molecule has 1 aromatic heterocycles. The number of nitrogens with one attached hydrogen (secondary N) is 1. The monoisotopic (exact) mass is 288 g/mol. The van der Waals surface area contributed by atoms with Gasteiger partial charge in [0.05, 0.1) is 4.92 Å². The van der Waals surface area contributed by atoms with Crippen LogP contribution in [0.5, 0.6) is 0 Å². The van der Waals surface area contributed by atoms with Crippen LogP contribution >= 0.6 is 0 Å². The molecule has 0 aliphatic carbocycles. The maximum absolute atomic E-state index is 12.0. The Morgan fingerprint density at radius 2 is 2.10 bits per heavy atom. The second kappa shape index (κ2) is 5.74. The fraction of sp³-hybridized carbons (Fsp3) is 0.286. The smallest absolute Gasteiger partial charge is 0.312 e. The van der Waals surface area contributed by atoms with Crippen LogP contribution in [0.4, 0.5) is 11.4 Å². The largest absolute Gasteiger partial charge is 0.324 e. The van der Waals surface area contributed by atoms with Crippen molar-refractivity contribution in [1.29, 1.82) is 0 Å². The van der Waals surface area contributed by atoms with Crippen molar-refractivity contribution in [1.82, 2.24) is 9.78 Å². The van der Waals surface area contributed by atoms with Gasteiger partial charge in [0.15, 0.2) is 0 Å². The van der Waals surface area contributed by atoms with Gasteiger partial charge in [-0.2, -0.15) is 5.10 Å². The minimum Gasteiger partial charge on any atom is -0.324 e. The van der Waals surface area contributed by atoms with Crippen LogP contribution in [0.25, 0.3) is 0 Å². The van der Waals surface area contributed by atoms with E-state index in [1.807, 2.05) is 25.1 Å². The number of carbonyl (C=O) groups is 1. The van der Waals surface area contributed by atoms with Gasteiger partial charge in [-0.3, -0.25) is 19.6 Å². The highest BCUT2D eigenvalue weighted by molar-refractivity contribution is 5.90. The summed E-state index contributed by atoms with van der Waals surface area (Å²) in [6, 6.07) is 7.41. The van der Waals surface area contributed by atoms with Gasteiger partial charge in [0.2, 0.25) is 5.91 Å². The molecule has 7 heteroatoms. The van der Waals surface area contributed by atoms with Crippen LogP contribution in [0.3, 0.4) is 0 Å². The van der Waals surface area contributed by atoms with Crippen molar-refractivity contribution in [2.45, 2.75) is 27.3 Å². The predicted octanol–water partition coefficient (Wildman–Crippen LogP) is 2.36. The summed E-state index contributed by atoms with van der Waals surface area (Å²) in [6.45, 7) is 5.01. The molecule has 0 saturated heterocycles. The van der Waals surface area contributed by atoms with Gasteiger partial charge < -0.3 is 5.32 Å². The molecule has 110 valence electrons. The van der Waals surface area contributed by atoms with E-state index in [1.165, 1.54) is 4.68 Å². The molecule has 0 fully saturated rings. The zero-order chi connectivity index (χ0) is 15.6. The lowest BCUT2D eigenvalue weighted by Gasteiger charge is -2.07. The summed E-state index contributed by atoms with van der Waals surface area (Å²) in [5.74, 6) is -0.277. The van der Waals surface area contributed by atoms with Crippen LogP contribution < -0.4 is 5.32 Å². The van der Waals surface area contributed by atoms with Gasteiger partial charge in [0, 0.05) is 5.69 Å². The van der Waals surface area contributed by atoms with Crippen LogP contribution in [0, 0.1) is 30.9 Å². The van der Waals surface area contributed by atoms with Gasteiger partial charge in [0.1, 0.15) is 17.9 Å². The third kappa shape index (κ3) is 3.25. The molecule has 7 nitrogen and oxygen atoms in total. The molecule has 0 saturated carbocycles. The van der Waals surface area contributed by atoms with Crippen LogP contribution in [0.15, 0.2) is 24.3 Å². The Labute approximate surface area is 121 Å². The van der Waals surface area contributed by atoms with E-state index in [9.17, 15) is 14.9 Å². The van der Waals surface area contributed by atoms with E-state index in [-0.39, 0.29) is 18.1 Å². The molecule has 0 atom stereocenters. The Bertz CT molecular complexity index is 706. The number of aryl methyl sites for hydroxylation is 2. The number of hydrogen-bond acceptors (Lipinski definition) is 4. The zero-order valence-corrected chi connectivity index (χ0v) is 12.1. The summed E-state index contributed by atoms with van der Waals surface area (Å²) in [5, 5.41) is 17.7. The molecule has 21 heavy (non-hydrogen) atoms. The second-order valence-corrected chi connectivity index (χ2v) is 4.85. The molecule has 1 N–H and O–H groups in total. The maximum atomic E-state index is 12.0. The number of amides is 1. The van der Waals surface area contributed by atoms with E-state index < -0.39 is 4.92 Å². The van der Waals surface area contributed by atoms with Crippen molar-refractivity contribution < 1.29 is 9.72 Å². The van der Waals surface area contributed by atoms with Gasteiger partial charge in [-0.05, 0) is 38.5 Å². The minimum atomic E-state index is -0.480. The van der Waals surface area contributed by atoms with Crippen LogP contribution in [-0.2, 0) is 11.3 Å². The molecule has 0 unspecified atom stereocenters. The number of nitro groups is 1. The highest BCUT2D eigenvalue weighted by Crippen LogP contribution is 2.21. The molecular weight excluding hydrogens is 272 g/mol. The van der Waals surface area contributed by atoms with Crippen molar-refractivity contribution in [2.24, 2.45) is 0 Å². The SMILES string of the molecule is Cc1cccc(NC(=O)Cn2nc(C)c([N+](=O)[O-])c2C)c1. The Morgan fingerprint density at radius 1 is 1.38 bits per heavy atom. The van der Waals surface area contributed by atoms with Gasteiger partial charge >= 0.3 is 5.69 Å². The number of nitrogens with zero attached hydrogens (tertiary/aromatic N) is 3. The summed E-state index contributed by atoms with van der Waals surface area (Å²) < 4.78 is 1.35. The molecule has 1 amide bonds. The lowest BCUT2D eigenvalue weighted by Crippen LogP contribution is -2.20.